The molecule has 2 heterocycles. The van der Waals surface area contributed by atoms with Crippen LogP contribution in [-0.4, -0.2) is 19.8 Å². The second kappa shape index (κ2) is 2.41. The van der Waals surface area contributed by atoms with E-state index in [-0.39, 0.29) is 5.65 Å². The molecule has 0 unspecified atom stereocenters. The van der Waals surface area contributed by atoms with Crippen LogP contribution in [0.15, 0.2) is 18.3 Å². The van der Waals surface area contributed by atoms with Gasteiger partial charge in [0.15, 0.2) is 5.65 Å². The standard InChI is InChI=1S/C6H3F3N4/c7-6(8,9)5-12-11-4-2-1-3-10-13(4)5/h1-3H. The van der Waals surface area contributed by atoms with Gasteiger partial charge < -0.3 is 0 Å². The van der Waals surface area contributed by atoms with Crippen LogP contribution < -0.4 is 0 Å². The summed E-state index contributed by atoms with van der Waals surface area (Å²) in [6.07, 6.45) is -3.28. The third-order valence-corrected chi connectivity index (χ3v) is 1.43. The third-order valence-electron chi connectivity index (χ3n) is 1.43. The number of hydrogen-bond donors (Lipinski definition) is 0. The van der Waals surface area contributed by atoms with Crippen LogP contribution in [0.1, 0.15) is 5.82 Å². The van der Waals surface area contributed by atoms with Crippen molar-refractivity contribution in [2.24, 2.45) is 0 Å². The molecule has 0 aliphatic carbocycles. The average molecular weight is 188 g/mol. The minimum atomic E-state index is -4.52. The number of hydrogen-bond acceptors (Lipinski definition) is 3. The smallest absolute Gasteiger partial charge is 0.189 e. The molecule has 2 aromatic heterocycles. The van der Waals surface area contributed by atoms with E-state index in [0.29, 0.717) is 4.52 Å². The fourth-order valence-corrected chi connectivity index (χ4v) is 0.921. The monoisotopic (exact) mass is 188 g/mol. The van der Waals surface area contributed by atoms with E-state index in [1.54, 1.807) is 0 Å². The van der Waals surface area contributed by atoms with Crippen molar-refractivity contribution in [1.82, 2.24) is 19.8 Å². The molecule has 7 heteroatoms. The molecule has 2 rings (SSSR count). The summed E-state index contributed by atoms with van der Waals surface area (Å²) >= 11 is 0. The average Bonchev–Trinajstić information content (AvgIpc) is 2.45. The lowest BCUT2D eigenvalue weighted by Crippen LogP contribution is -2.11. The lowest BCUT2D eigenvalue weighted by atomic mass is 10.5. The summed E-state index contributed by atoms with van der Waals surface area (Å²) in [4.78, 5) is 0. The summed E-state index contributed by atoms with van der Waals surface area (Å²) in [5.74, 6) is -1.11. The van der Waals surface area contributed by atoms with Gasteiger partial charge >= 0.3 is 6.18 Å². The zero-order chi connectivity index (χ0) is 9.47. The van der Waals surface area contributed by atoms with E-state index < -0.39 is 12.0 Å². The Morgan fingerprint density at radius 3 is 2.69 bits per heavy atom. The number of aromatic nitrogens is 4. The van der Waals surface area contributed by atoms with E-state index >= 15 is 0 Å². The summed E-state index contributed by atoms with van der Waals surface area (Å²) in [6.45, 7) is 0. The van der Waals surface area contributed by atoms with Crippen LogP contribution in [0.25, 0.3) is 5.65 Å². The highest BCUT2D eigenvalue weighted by atomic mass is 19.4. The molecule has 0 aromatic carbocycles. The van der Waals surface area contributed by atoms with Gasteiger partial charge in [-0.05, 0) is 12.1 Å². The van der Waals surface area contributed by atoms with E-state index in [4.69, 9.17) is 0 Å². The quantitative estimate of drug-likeness (QED) is 0.622. The van der Waals surface area contributed by atoms with Gasteiger partial charge in [-0.15, -0.1) is 10.2 Å². The molecule has 0 aliphatic rings. The number of nitrogens with zero attached hydrogens (tertiary/aromatic N) is 4. The largest absolute Gasteiger partial charge is 0.453 e. The third kappa shape index (κ3) is 1.21. The second-order valence-corrected chi connectivity index (χ2v) is 2.32. The van der Waals surface area contributed by atoms with E-state index in [1.165, 1.54) is 18.3 Å². The topological polar surface area (TPSA) is 43.1 Å². The van der Waals surface area contributed by atoms with Crippen molar-refractivity contribution in [1.29, 1.82) is 0 Å². The molecule has 0 atom stereocenters. The normalized spacial score (nSPS) is 12.2. The van der Waals surface area contributed by atoms with E-state index in [2.05, 4.69) is 15.3 Å². The summed E-state index contributed by atoms with van der Waals surface area (Å²) in [6, 6.07) is 2.89. The Morgan fingerprint density at radius 2 is 2.00 bits per heavy atom. The molecule has 0 saturated heterocycles. The number of rotatable bonds is 0. The van der Waals surface area contributed by atoms with Crippen LogP contribution in [0.3, 0.4) is 0 Å². The molecular formula is C6H3F3N4. The van der Waals surface area contributed by atoms with Crippen LogP contribution in [-0.2, 0) is 6.18 Å². The molecule has 0 fully saturated rings. The molecule has 0 radical (unpaired) electrons. The Hall–Kier alpha value is -1.66. The lowest BCUT2D eigenvalue weighted by Gasteiger charge is -2.01. The summed E-state index contributed by atoms with van der Waals surface area (Å²) < 4.78 is 37.2. The minimum absolute atomic E-state index is 0.0785. The number of fused-ring (bicyclic) bond motifs is 1. The maximum Gasteiger partial charge on any atom is 0.453 e. The van der Waals surface area contributed by atoms with Gasteiger partial charge in [0.05, 0.1) is 0 Å². The first-order chi connectivity index (χ1) is 6.09. The SMILES string of the molecule is FC(F)(F)c1nnc2cccnn12. The Bertz CT molecular complexity index is 433. The van der Waals surface area contributed by atoms with Crippen LogP contribution in [0.2, 0.25) is 0 Å². The van der Waals surface area contributed by atoms with Crippen LogP contribution >= 0.6 is 0 Å². The molecule has 13 heavy (non-hydrogen) atoms. The van der Waals surface area contributed by atoms with Crippen LogP contribution in [0.4, 0.5) is 13.2 Å². The Morgan fingerprint density at radius 1 is 1.23 bits per heavy atom. The van der Waals surface area contributed by atoms with Crippen molar-refractivity contribution in [3.63, 3.8) is 0 Å². The van der Waals surface area contributed by atoms with E-state index in [0.717, 1.165) is 0 Å². The maximum absolute atomic E-state index is 12.2. The van der Waals surface area contributed by atoms with Gasteiger partial charge in [-0.2, -0.15) is 22.8 Å². The van der Waals surface area contributed by atoms with Gasteiger partial charge in [-0.25, -0.2) is 0 Å². The van der Waals surface area contributed by atoms with Crippen LogP contribution in [0, 0.1) is 0 Å². The minimum Gasteiger partial charge on any atom is -0.189 e. The Balaban J connectivity index is 2.72. The van der Waals surface area contributed by atoms with E-state index in [9.17, 15) is 13.2 Å². The first-order valence-electron chi connectivity index (χ1n) is 3.32. The van der Waals surface area contributed by atoms with Gasteiger partial charge in [0.2, 0.25) is 0 Å². The zero-order valence-corrected chi connectivity index (χ0v) is 6.15. The van der Waals surface area contributed by atoms with Crippen LogP contribution in [0.5, 0.6) is 0 Å². The number of halogens is 3. The van der Waals surface area contributed by atoms with E-state index in [1.807, 2.05) is 0 Å². The van der Waals surface area contributed by atoms with Crippen molar-refractivity contribution in [2.45, 2.75) is 6.18 Å². The summed E-state index contributed by atoms with van der Waals surface area (Å²) in [5, 5.41) is 9.79. The second-order valence-electron chi connectivity index (χ2n) is 2.32. The molecule has 0 spiro atoms. The van der Waals surface area contributed by atoms with Crippen molar-refractivity contribution in [3.8, 4) is 0 Å². The van der Waals surface area contributed by atoms with Crippen molar-refractivity contribution < 1.29 is 13.2 Å². The fourth-order valence-electron chi connectivity index (χ4n) is 0.921. The molecule has 68 valence electrons. The first-order valence-corrected chi connectivity index (χ1v) is 3.32. The van der Waals surface area contributed by atoms with Gasteiger partial charge in [-0.1, -0.05) is 0 Å². The molecular weight excluding hydrogens is 185 g/mol. The molecule has 0 bridgehead atoms. The molecule has 0 N–H and O–H groups in total. The van der Waals surface area contributed by atoms with Gasteiger partial charge in [0.1, 0.15) is 0 Å². The zero-order valence-electron chi connectivity index (χ0n) is 6.15. The molecule has 4 nitrogen and oxygen atoms in total. The lowest BCUT2D eigenvalue weighted by molar-refractivity contribution is -0.146. The van der Waals surface area contributed by atoms with Crippen molar-refractivity contribution in [3.05, 3.63) is 24.2 Å². The Labute approximate surface area is 70.0 Å². The highest BCUT2D eigenvalue weighted by molar-refractivity contribution is 5.34. The summed E-state index contributed by atoms with van der Waals surface area (Å²) in [7, 11) is 0. The predicted octanol–water partition coefficient (Wildman–Crippen LogP) is 1.14. The van der Waals surface area contributed by atoms with Gasteiger partial charge in [0, 0.05) is 6.20 Å². The highest BCUT2D eigenvalue weighted by Gasteiger charge is 2.37. The van der Waals surface area contributed by atoms with Gasteiger partial charge in [0.25, 0.3) is 5.82 Å². The molecule has 0 aliphatic heterocycles. The molecule has 0 amide bonds. The summed E-state index contributed by atoms with van der Waals surface area (Å²) in [5.41, 5.74) is 0.0785. The predicted molar refractivity (Wildman–Crippen MR) is 35.8 cm³/mol. The number of alkyl halides is 3. The first kappa shape index (κ1) is 7.96. The Kier molecular flexibility index (Phi) is 1.48. The molecule has 0 saturated carbocycles. The van der Waals surface area contributed by atoms with Crippen molar-refractivity contribution in [2.75, 3.05) is 0 Å². The highest BCUT2D eigenvalue weighted by Crippen LogP contribution is 2.26. The maximum atomic E-state index is 12.2. The van der Waals surface area contributed by atoms with Crippen molar-refractivity contribution >= 4 is 5.65 Å². The van der Waals surface area contributed by atoms with Gasteiger partial charge in [-0.3, -0.25) is 0 Å². The molecule has 2 aromatic rings. The fraction of sp³-hybridized carbons (Fsp3) is 0.167.